The molecule has 0 spiro atoms. The number of carboxylic acid groups (broad SMARTS) is 1. The van der Waals surface area contributed by atoms with Gasteiger partial charge in [-0.2, -0.15) is 0 Å². The number of aliphatic carboxylic acids is 1. The highest BCUT2D eigenvalue weighted by atomic mass is 16.4. The fraction of sp³-hybridized carbons (Fsp3) is 0.857. The number of nitrogens with one attached hydrogen (secondary N) is 2. The summed E-state index contributed by atoms with van der Waals surface area (Å²) < 4.78 is 0. The third kappa shape index (κ3) is 7.70. The van der Waals surface area contributed by atoms with Crippen LogP contribution in [-0.2, 0) is 4.79 Å². The van der Waals surface area contributed by atoms with Gasteiger partial charge in [-0.25, -0.2) is 4.79 Å². The van der Waals surface area contributed by atoms with Crippen LogP contribution in [0.3, 0.4) is 0 Å². The molecular formula is C14H26N2O3. The second kappa shape index (κ2) is 8.77. The molecule has 19 heavy (non-hydrogen) atoms. The van der Waals surface area contributed by atoms with E-state index in [0.717, 1.165) is 18.3 Å². The van der Waals surface area contributed by atoms with Crippen LogP contribution in [0.5, 0.6) is 0 Å². The van der Waals surface area contributed by atoms with Crippen molar-refractivity contribution in [2.75, 3.05) is 13.1 Å². The van der Waals surface area contributed by atoms with E-state index < -0.39 is 5.97 Å². The SMILES string of the molecule is CC1CCCC(CCNC(=O)NCCCC(=O)O)C1. The van der Waals surface area contributed by atoms with Crippen LogP contribution >= 0.6 is 0 Å². The van der Waals surface area contributed by atoms with Gasteiger partial charge in [0.15, 0.2) is 0 Å². The predicted octanol–water partition coefficient (Wildman–Crippen LogP) is 2.37. The summed E-state index contributed by atoms with van der Waals surface area (Å²) >= 11 is 0. The molecule has 0 radical (unpaired) electrons. The van der Waals surface area contributed by atoms with Gasteiger partial charge in [0.2, 0.25) is 0 Å². The Morgan fingerprint density at radius 1 is 1.21 bits per heavy atom. The number of amides is 2. The Kier molecular flexibility index (Phi) is 7.30. The van der Waals surface area contributed by atoms with E-state index in [1.165, 1.54) is 25.7 Å². The molecule has 0 aliphatic heterocycles. The normalized spacial score (nSPS) is 22.8. The summed E-state index contributed by atoms with van der Waals surface area (Å²) in [4.78, 5) is 21.7. The number of carbonyl (C=O) groups is 2. The van der Waals surface area contributed by atoms with E-state index in [0.29, 0.717) is 19.5 Å². The topological polar surface area (TPSA) is 78.4 Å². The minimum absolute atomic E-state index is 0.0975. The molecule has 1 saturated carbocycles. The molecule has 2 unspecified atom stereocenters. The maximum atomic E-state index is 11.4. The summed E-state index contributed by atoms with van der Waals surface area (Å²) in [6.07, 6.45) is 6.84. The van der Waals surface area contributed by atoms with Crippen LogP contribution in [0, 0.1) is 11.8 Å². The van der Waals surface area contributed by atoms with Crippen molar-refractivity contribution in [1.82, 2.24) is 10.6 Å². The Hall–Kier alpha value is -1.26. The van der Waals surface area contributed by atoms with E-state index in [-0.39, 0.29) is 12.5 Å². The first kappa shape index (κ1) is 15.8. The van der Waals surface area contributed by atoms with Gasteiger partial charge in [0.1, 0.15) is 0 Å². The van der Waals surface area contributed by atoms with Gasteiger partial charge in [0.05, 0.1) is 0 Å². The number of hydrogen-bond acceptors (Lipinski definition) is 2. The summed E-state index contributed by atoms with van der Waals surface area (Å²) in [6, 6.07) is -0.186. The molecule has 5 heteroatoms. The average molecular weight is 270 g/mol. The molecule has 0 aromatic rings. The van der Waals surface area contributed by atoms with Crippen LogP contribution < -0.4 is 10.6 Å². The highest BCUT2D eigenvalue weighted by molar-refractivity contribution is 5.73. The fourth-order valence-corrected chi connectivity index (χ4v) is 2.72. The van der Waals surface area contributed by atoms with Gasteiger partial charge in [0.25, 0.3) is 0 Å². The molecule has 0 heterocycles. The van der Waals surface area contributed by atoms with Crippen molar-refractivity contribution in [3.05, 3.63) is 0 Å². The van der Waals surface area contributed by atoms with Gasteiger partial charge in [0, 0.05) is 19.5 Å². The van der Waals surface area contributed by atoms with E-state index in [1.807, 2.05) is 0 Å². The van der Waals surface area contributed by atoms with Gasteiger partial charge in [-0.05, 0) is 31.1 Å². The standard InChI is InChI=1S/C14H26N2O3/c1-11-4-2-5-12(10-11)7-9-16-14(19)15-8-3-6-13(17)18/h11-12H,2-10H2,1H3,(H,17,18)(H2,15,16,19). The van der Waals surface area contributed by atoms with E-state index in [2.05, 4.69) is 17.6 Å². The summed E-state index contributed by atoms with van der Waals surface area (Å²) in [7, 11) is 0. The van der Waals surface area contributed by atoms with Gasteiger partial charge >= 0.3 is 12.0 Å². The molecule has 1 fully saturated rings. The van der Waals surface area contributed by atoms with Crippen molar-refractivity contribution in [2.45, 2.75) is 51.9 Å². The molecular weight excluding hydrogens is 244 g/mol. The van der Waals surface area contributed by atoms with Gasteiger partial charge in [-0.15, -0.1) is 0 Å². The van der Waals surface area contributed by atoms with Crippen LogP contribution in [0.15, 0.2) is 0 Å². The van der Waals surface area contributed by atoms with Crippen molar-refractivity contribution in [1.29, 1.82) is 0 Å². The fourth-order valence-electron chi connectivity index (χ4n) is 2.72. The van der Waals surface area contributed by atoms with Crippen LogP contribution in [0.1, 0.15) is 51.9 Å². The Morgan fingerprint density at radius 2 is 1.95 bits per heavy atom. The van der Waals surface area contributed by atoms with Crippen LogP contribution in [0.25, 0.3) is 0 Å². The molecule has 2 atom stereocenters. The molecule has 2 amide bonds. The predicted molar refractivity (Wildman–Crippen MR) is 74.0 cm³/mol. The third-order valence-electron chi connectivity index (χ3n) is 3.74. The lowest BCUT2D eigenvalue weighted by atomic mass is 9.81. The van der Waals surface area contributed by atoms with Gasteiger partial charge in [-0.3, -0.25) is 4.79 Å². The summed E-state index contributed by atoms with van der Waals surface area (Å²) in [5.41, 5.74) is 0. The van der Waals surface area contributed by atoms with E-state index >= 15 is 0 Å². The van der Waals surface area contributed by atoms with Crippen molar-refractivity contribution < 1.29 is 14.7 Å². The minimum atomic E-state index is -0.825. The summed E-state index contributed by atoms with van der Waals surface area (Å²) in [5.74, 6) is 0.744. The van der Waals surface area contributed by atoms with Crippen molar-refractivity contribution in [3.63, 3.8) is 0 Å². The van der Waals surface area contributed by atoms with Crippen LogP contribution in [-0.4, -0.2) is 30.2 Å². The highest BCUT2D eigenvalue weighted by Gasteiger charge is 2.18. The van der Waals surface area contributed by atoms with Crippen LogP contribution in [0.2, 0.25) is 0 Å². The zero-order valence-electron chi connectivity index (χ0n) is 11.8. The molecule has 1 rings (SSSR count). The number of carbonyl (C=O) groups excluding carboxylic acids is 1. The Labute approximate surface area is 115 Å². The summed E-state index contributed by atoms with van der Waals surface area (Å²) in [6.45, 7) is 3.43. The molecule has 5 nitrogen and oxygen atoms in total. The maximum absolute atomic E-state index is 11.4. The Balaban J connectivity index is 1.99. The molecule has 110 valence electrons. The lowest BCUT2D eigenvalue weighted by Gasteiger charge is -2.26. The molecule has 1 aliphatic rings. The van der Waals surface area contributed by atoms with Gasteiger partial charge < -0.3 is 15.7 Å². The van der Waals surface area contributed by atoms with E-state index in [1.54, 1.807) is 0 Å². The molecule has 0 aromatic heterocycles. The third-order valence-corrected chi connectivity index (χ3v) is 3.74. The highest BCUT2D eigenvalue weighted by Crippen LogP contribution is 2.30. The first-order valence-corrected chi connectivity index (χ1v) is 7.31. The summed E-state index contributed by atoms with van der Waals surface area (Å²) in [5, 5.41) is 14.0. The monoisotopic (exact) mass is 270 g/mol. The maximum Gasteiger partial charge on any atom is 0.314 e. The van der Waals surface area contributed by atoms with Crippen molar-refractivity contribution in [3.8, 4) is 0 Å². The lowest BCUT2D eigenvalue weighted by Crippen LogP contribution is -2.37. The second-order valence-electron chi connectivity index (χ2n) is 5.61. The Bertz CT molecular complexity index is 294. The molecule has 0 aromatic carbocycles. The molecule has 0 bridgehead atoms. The van der Waals surface area contributed by atoms with E-state index in [4.69, 9.17) is 5.11 Å². The van der Waals surface area contributed by atoms with Crippen molar-refractivity contribution in [2.24, 2.45) is 11.8 Å². The zero-order valence-corrected chi connectivity index (χ0v) is 11.8. The largest absolute Gasteiger partial charge is 0.481 e. The smallest absolute Gasteiger partial charge is 0.314 e. The number of hydrogen-bond donors (Lipinski definition) is 3. The zero-order chi connectivity index (χ0) is 14.1. The second-order valence-corrected chi connectivity index (χ2v) is 5.61. The molecule has 0 saturated heterocycles. The molecule has 3 N–H and O–H groups in total. The quantitative estimate of drug-likeness (QED) is 0.621. The first-order valence-electron chi connectivity index (χ1n) is 7.31. The van der Waals surface area contributed by atoms with Crippen molar-refractivity contribution >= 4 is 12.0 Å². The van der Waals surface area contributed by atoms with Gasteiger partial charge in [-0.1, -0.05) is 26.2 Å². The number of urea groups is 1. The van der Waals surface area contributed by atoms with Crippen LogP contribution in [0.4, 0.5) is 4.79 Å². The van der Waals surface area contributed by atoms with E-state index in [9.17, 15) is 9.59 Å². The Morgan fingerprint density at radius 3 is 2.63 bits per heavy atom. The number of rotatable bonds is 7. The first-order chi connectivity index (χ1) is 9.08. The molecule has 1 aliphatic carbocycles. The number of carboxylic acids is 1. The lowest BCUT2D eigenvalue weighted by molar-refractivity contribution is -0.137. The average Bonchev–Trinajstić information content (AvgIpc) is 2.34. The minimum Gasteiger partial charge on any atom is -0.481 e.